The number of halogens is 1. The van der Waals surface area contributed by atoms with Gasteiger partial charge in [-0.15, -0.1) is 0 Å². The number of carbonyl (C=O) groups is 2. The van der Waals surface area contributed by atoms with Crippen LogP contribution in [-0.4, -0.2) is 34.5 Å². The highest BCUT2D eigenvalue weighted by Gasteiger charge is 2.34. The van der Waals surface area contributed by atoms with Gasteiger partial charge in [-0.2, -0.15) is 0 Å². The van der Waals surface area contributed by atoms with Crippen molar-refractivity contribution in [1.82, 2.24) is 4.90 Å². The van der Waals surface area contributed by atoms with Crippen molar-refractivity contribution < 1.29 is 19.1 Å². The smallest absolute Gasteiger partial charge is 0.326 e. The summed E-state index contributed by atoms with van der Waals surface area (Å²) in [6, 6.07) is 4.37. The van der Waals surface area contributed by atoms with E-state index >= 15 is 0 Å². The van der Waals surface area contributed by atoms with Crippen LogP contribution in [0.1, 0.15) is 23.2 Å². The van der Waals surface area contributed by atoms with Crippen molar-refractivity contribution in [3.63, 3.8) is 0 Å². The summed E-state index contributed by atoms with van der Waals surface area (Å²) in [5.41, 5.74) is 0.319. The zero-order valence-electron chi connectivity index (χ0n) is 9.10. The van der Waals surface area contributed by atoms with Crippen LogP contribution < -0.4 is 0 Å². The highest BCUT2D eigenvalue weighted by atomic mass is 19.1. The quantitative estimate of drug-likeness (QED) is 0.848. The fourth-order valence-corrected chi connectivity index (χ4v) is 2.02. The zero-order valence-corrected chi connectivity index (χ0v) is 9.10. The number of carboxylic acid groups (broad SMARTS) is 1. The van der Waals surface area contributed by atoms with Gasteiger partial charge in [0.1, 0.15) is 11.9 Å². The summed E-state index contributed by atoms with van der Waals surface area (Å²) >= 11 is 0. The lowest BCUT2D eigenvalue weighted by molar-refractivity contribution is -0.141. The number of hydrogen-bond donors (Lipinski definition) is 1. The Labute approximate surface area is 97.7 Å². The average molecular weight is 237 g/mol. The van der Waals surface area contributed by atoms with E-state index in [1.807, 2.05) is 0 Å². The zero-order chi connectivity index (χ0) is 12.4. The first-order chi connectivity index (χ1) is 8.09. The summed E-state index contributed by atoms with van der Waals surface area (Å²) in [5, 5.41) is 8.97. The number of benzene rings is 1. The minimum atomic E-state index is -0.988. The molecule has 0 unspecified atom stereocenters. The van der Waals surface area contributed by atoms with E-state index in [1.54, 1.807) is 0 Å². The molecule has 1 fully saturated rings. The van der Waals surface area contributed by atoms with Gasteiger partial charge in [0.2, 0.25) is 0 Å². The third-order valence-corrected chi connectivity index (χ3v) is 2.89. The molecule has 1 aliphatic heterocycles. The van der Waals surface area contributed by atoms with Crippen molar-refractivity contribution in [2.24, 2.45) is 0 Å². The highest BCUT2D eigenvalue weighted by Crippen LogP contribution is 2.20. The first kappa shape index (κ1) is 11.6. The van der Waals surface area contributed by atoms with E-state index in [2.05, 4.69) is 0 Å². The number of carboxylic acids is 1. The number of amides is 1. The Morgan fingerprint density at radius 3 is 2.53 bits per heavy atom. The summed E-state index contributed by atoms with van der Waals surface area (Å²) < 4.78 is 12.7. The molecular weight excluding hydrogens is 225 g/mol. The third-order valence-electron chi connectivity index (χ3n) is 2.89. The summed E-state index contributed by atoms with van der Waals surface area (Å²) in [6.07, 6.45) is 1.16. The van der Waals surface area contributed by atoms with Gasteiger partial charge < -0.3 is 10.0 Å². The molecule has 1 atom stereocenters. The lowest BCUT2D eigenvalue weighted by atomic mass is 10.1. The van der Waals surface area contributed by atoms with E-state index in [4.69, 9.17) is 5.11 Å². The van der Waals surface area contributed by atoms with Crippen LogP contribution >= 0.6 is 0 Å². The molecule has 1 amide bonds. The number of nitrogens with zero attached hydrogens (tertiary/aromatic N) is 1. The fourth-order valence-electron chi connectivity index (χ4n) is 2.02. The van der Waals surface area contributed by atoms with Gasteiger partial charge in [0.15, 0.2) is 0 Å². The van der Waals surface area contributed by atoms with Crippen LogP contribution in [0, 0.1) is 5.82 Å². The van der Waals surface area contributed by atoms with Crippen LogP contribution in [0.2, 0.25) is 0 Å². The molecule has 0 aromatic heterocycles. The Bertz CT molecular complexity index is 444. The Hall–Kier alpha value is -1.91. The molecule has 17 heavy (non-hydrogen) atoms. The monoisotopic (exact) mass is 237 g/mol. The van der Waals surface area contributed by atoms with Crippen LogP contribution in [-0.2, 0) is 4.79 Å². The second-order valence-corrected chi connectivity index (χ2v) is 4.00. The van der Waals surface area contributed by atoms with E-state index in [0.717, 1.165) is 0 Å². The summed E-state index contributed by atoms with van der Waals surface area (Å²) in [6.45, 7) is 0.438. The van der Waals surface area contributed by atoms with Crippen molar-refractivity contribution in [1.29, 1.82) is 0 Å². The number of carbonyl (C=O) groups excluding carboxylic acids is 1. The largest absolute Gasteiger partial charge is 0.480 e. The van der Waals surface area contributed by atoms with Crippen molar-refractivity contribution >= 4 is 11.9 Å². The van der Waals surface area contributed by atoms with E-state index in [9.17, 15) is 14.0 Å². The first-order valence-corrected chi connectivity index (χ1v) is 5.39. The number of rotatable bonds is 2. The molecule has 1 aromatic carbocycles. The van der Waals surface area contributed by atoms with Crippen LogP contribution in [0.25, 0.3) is 0 Å². The number of likely N-dealkylation sites (tertiary alicyclic amines) is 1. The second-order valence-electron chi connectivity index (χ2n) is 4.00. The summed E-state index contributed by atoms with van der Waals surface area (Å²) in [7, 11) is 0. The number of hydrogen-bond acceptors (Lipinski definition) is 2. The van der Waals surface area contributed by atoms with Gasteiger partial charge in [0, 0.05) is 12.1 Å². The molecule has 1 N–H and O–H groups in total. The molecule has 1 saturated heterocycles. The molecule has 0 aliphatic carbocycles. The molecule has 5 heteroatoms. The Morgan fingerprint density at radius 2 is 1.94 bits per heavy atom. The fraction of sp³-hybridized carbons (Fsp3) is 0.333. The maximum atomic E-state index is 12.7. The Morgan fingerprint density at radius 1 is 1.29 bits per heavy atom. The van der Waals surface area contributed by atoms with Crippen molar-refractivity contribution in [3.8, 4) is 0 Å². The lowest BCUT2D eigenvalue weighted by Crippen LogP contribution is -2.40. The topological polar surface area (TPSA) is 57.6 Å². The second kappa shape index (κ2) is 4.53. The van der Waals surface area contributed by atoms with Gasteiger partial charge in [-0.1, -0.05) is 0 Å². The van der Waals surface area contributed by atoms with Gasteiger partial charge in [0.25, 0.3) is 5.91 Å². The van der Waals surface area contributed by atoms with Gasteiger partial charge in [-0.3, -0.25) is 4.79 Å². The average Bonchev–Trinajstić information content (AvgIpc) is 2.78. The van der Waals surface area contributed by atoms with Crippen LogP contribution in [0.4, 0.5) is 4.39 Å². The molecule has 1 aromatic rings. The summed E-state index contributed by atoms with van der Waals surface area (Å²) in [5.74, 6) is -1.76. The molecule has 90 valence electrons. The lowest BCUT2D eigenvalue weighted by Gasteiger charge is -2.21. The normalized spacial score (nSPS) is 19.4. The third kappa shape index (κ3) is 2.27. The predicted octanol–water partition coefficient (Wildman–Crippen LogP) is 1.51. The van der Waals surface area contributed by atoms with Gasteiger partial charge >= 0.3 is 5.97 Å². The summed E-state index contributed by atoms with van der Waals surface area (Å²) in [4.78, 5) is 24.3. The standard InChI is InChI=1S/C12H12FNO3/c13-9-5-3-8(4-6-9)11(15)14-7-1-2-10(14)12(16)17/h3-6,10H,1-2,7H2,(H,16,17)/t10-/m0/s1. The highest BCUT2D eigenvalue weighted by molar-refractivity contribution is 5.96. The molecule has 4 nitrogen and oxygen atoms in total. The Kier molecular flexibility index (Phi) is 3.08. The maximum Gasteiger partial charge on any atom is 0.326 e. The molecule has 1 aliphatic rings. The van der Waals surface area contributed by atoms with Gasteiger partial charge in [0.05, 0.1) is 0 Å². The minimum Gasteiger partial charge on any atom is -0.480 e. The van der Waals surface area contributed by atoms with Crippen LogP contribution in [0.5, 0.6) is 0 Å². The van der Waals surface area contributed by atoms with Crippen molar-refractivity contribution in [2.45, 2.75) is 18.9 Å². The molecular formula is C12H12FNO3. The molecule has 0 radical (unpaired) electrons. The van der Waals surface area contributed by atoms with Crippen LogP contribution in [0.15, 0.2) is 24.3 Å². The Balaban J connectivity index is 2.19. The van der Waals surface area contributed by atoms with Crippen LogP contribution in [0.3, 0.4) is 0 Å². The van der Waals surface area contributed by atoms with Gasteiger partial charge in [-0.25, -0.2) is 9.18 Å². The number of aliphatic carboxylic acids is 1. The van der Waals surface area contributed by atoms with Crippen molar-refractivity contribution in [2.75, 3.05) is 6.54 Å². The molecule has 2 rings (SSSR count). The van der Waals surface area contributed by atoms with Gasteiger partial charge in [-0.05, 0) is 37.1 Å². The van der Waals surface area contributed by atoms with E-state index in [1.165, 1.54) is 29.2 Å². The predicted molar refractivity (Wildman–Crippen MR) is 58.1 cm³/mol. The van der Waals surface area contributed by atoms with E-state index < -0.39 is 17.8 Å². The van der Waals surface area contributed by atoms with E-state index in [0.29, 0.717) is 24.9 Å². The molecule has 0 bridgehead atoms. The minimum absolute atomic E-state index is 0.319. The molecule has 0 saturated carbocycles. The molecule has 1 heterocycles. The maximum absolute atomic E-state index is 12.7. The molecule has 0 spiro atoms. The SMILES string of the molecule is O=C(O)[C@@H]1CCCN1C(=O)c1ccc(F)cc1. The van der Waals surface area contributed by atoms with Crippen molar-refractivity contribution in [3.05, 3.63) is 35.6 Å². The first-order valence-electron chi connectivity index (χ1n) is 5.39. The van der Waals surface area contributed by atoms with E-state index in [-0.39, 0.29) is 5.91 Å².